The summed E-state index contributed by atoms with van der Waals surface area (Å²) < 4.78 is 17.7. The van der Waals surface area contributed by atoms with Crippen LogP contribution in [-0.4, -0.2) is 36.6 Å². The molecule has 0 fully saturated rings. The van der Waals surface area contributed by atoms with Crippen molar-refractivity contribution in [1.29, 1.82) is 0 Å². The third-order valence-electron chi connectivity index (χ3n) is 3.80. The maximum Gasteiger partial charge on any atom is 0.306 e. The van der Waals surface area contributed by atoms with Crippen molar-refractivity contribution in [3.05, 3.63) is 65.5 Å². The van der Waals surface area contributed by atoms with Crippen LogP contribution >= 0.6 is 11.8 Å². The van der Waals surface area contributed by atoms with Crippen LogP contribution in [0.25, 0.3) is 0 Å². The van der Waals surface area contributed by atoms with Crippen molar-refractivity contribution in [2.45, 2.75) is 24.7 Å². The number of carbonyl (C=O) groups excluding carboxylic acids is 3. The molecule has 2 rings (SSSR count). The molecule has 0 spiro atoms. The number of esters is 1. The maximum atomic E-state index is 12.8. The summed E-state index contributed by atoms with van der Waals surface area (Å²) in [5, 5.41) is 2.68. The van der Waals surface area contributed by atoms with Gasteiger partial charge in [0.1, 0.15) is 5.82 Å². The van der Waals surface area contributed by atoms with E-state index >= 15 is 0 Å². The summed E-state index contributed by atoms with van der Waals surface area (Å²) in [4.78, 5) is 36.4. The van der Waals surface area contributed by atoms with Gasteiger partial charge in [-0.25, -0.2) is 4.39 Å². The zero-order valence-electron chi connectivity index (χ0n) is 15.6. The Morgan fingerprint density at radius 2 is 1.68 bits per heavy atom. The Morgan fingerprint density at radius 1 is 1.00 bits per heavy atom. The number of rotatable bonds is 10. The van der Waals surface area contributed by atoms with Gasteiger partial charge in [0.2, 0.25) is 0 Å². The van der Waals surface area contributed by atoms with Crippen molar-refractivity contribution in [2.24, 2.45) is 0 Å². The molecule has 0 aliphatic carbocycles. The zero-order chi connectivity index (χ0) is 20.4. The van der Waals surface area contributed by atoms with Crippen molar-refractivity contribution in [3.8, 4) is 0 Å². The molecule has 1 N–H and O–H groups in total. The molecule has 0 radical (unpaired) electrons. The lowest BCUT2D eigenvalue weighted by Gasteiger charge is -2.07. The number of hydrogen-bond acceptors (Lipinski definition) is 5. The molecule has 0 aliphatic heterocycles. The Bertz CT molecular complexity index is 806. The van der Waals surface area contributed by atoms with Crippen LogP contribution < -0.4 is 5.32 Å². The molecule has 0 saturated heterocycles. The fraction of sp³-hybridized carbons (Fsp3) is 0.286. The molecule has 5 nitrogen and oxygen atoms in total. The number of ketones is 1. The average molecular weight is 403 g/mol. The molecule has 148 valence electrons. The number of Topliss-reactive ketones (excluding diaryl/α,β-unsaturated/α-hetero) is 1. The number of ether oxygens (including phenoxy) is 1. The molecule has 0 atom stereocenters. The first-order valence-electron chi connectivity index (χ1n) is 8.84. The number of halogens is 1. The molecule has 2 aromatic carbocycles. The molecular formula is C21H22FNO4S. The number of thioether (sulfide) groups is 1. The fourth-order valence-electron chi connectivity index (χ4n) is 2.26. The molecule has 7 heteroatoms. The second-order valence-electron chi connectivity index (χ2n) is 6.10. The van der Waals surface area contributed by atoms with Crippen LogP contribution in [0.2, 0.25) is 0 Å². The van der Waals surface area contributed by atoms with Crippen molar-refractivity contribution in [2.75, 3.05) is 18.9 Å². The van der Waals surface area contributed by atoms with E-state index in [9.17, 15) is 18.8 Å². The SMILES string of the molecule is Cc1ccc(SCCNC(=O)COC(=O)CCC(=O)c2ccc(F)cc2)cc1. The Balaban J connectivity index is 1.57. The van der Waals surface area contributed by atoms with E-state index in [-0.39, 0.29) is 31.1 Å². The Hall–Kier alpha value is -2.67. The lowest BCUT2D eigenvalue weighted by atomic mass is 10.1. The van der Waals surface area contributed by atoms with Gasteiger partial charge >= 0.3 is 5.97 Å². The average Bonchev–Trinajstić information content (AvgIpc) is 2.69. The van der Waals surface area contributed by atoms with Gasteiger partial charge < -0.3 is 10.1 Å². The van der Waals surface area contributed by atoms with Crippen LogP contribution in [0.5, 0.6) is 0 Å². The molecule has 0 aliphatic rings. The maximum absolute atomic E-state index is 12.8. The van der Waals surface area contributed by atoms with E-state index in [0.29, 0.717) is 17.9 Å². The predicted molar refractivity (Wildman–Crippen MR) is 106 cm³/mol. The standard InChI is InChI=1S/C21H22FNO4S/c1-15-2-8-18(9-3-15)28-13-12-23-20(25)14-27-21(26)11-10-19(24)16-4-6-17(22)7-5-16/h2-9H,10-14H2,1H3,(H,23,25). The van der Waals surface area contributed by atoms with E-state index < -0.39 is 11.8 Å². The number of amides is 1. The van der Waals surface area contributed by atoms with E-state index in [2.05, 4.69) is 5.32 Å². The van der Waals surface area contributed by atoms with Crippen LogP contribution in [0.3, 0.4) is 0 Å². The second-order valence-corrected chi connectivity index (χ2v) is 7.27. The molecule has 0 aromatic heterocycles. The highest BCUT2D eigenvalue weighted by Gasteiger charge is 2.12. The van der Waals surface area contributed by atoms with Gasteiger partial charge in [0.05, 0.1) is 6.42 Å². The van der Waals surface area contributed by atoms with Gasteiger partial charge in [0, 0.05) is 29.2 Å². The predicted octanol–water partition coefficient (Wildman–Crippen LogP) is 3.55. The Morgan fingerprint density at radius 3 is 2.36 bits per heavy atom. The van der Waals surface area contributed by atoms with Gasteiger partial charge in [-0.2, -0.15) is 0 Å². The number of benzene rings is 2. The lowest BCUT2D eigenvalue weighted by molar-refractivity contribution is -0.148. The van der Waals surface area contributed by atoms with Crippen molar-refractivity contribution in [1.82, 2.24) is 5.32 Å². The van der Waals surface area contributed by atoms with E-state index in [1.807, 2.05) is 31.2 Å². The number of aryl methyl sites for hydroxylation is 1. The quantitative estimate of drug-likeness (QED) is 0.284. The van der Waals surface area contributed by atoms with Crippen LogP contribution in [-0.2, 0) is 14.3 Å². The largest absolute Gasteiger partial charge is 0.456 e. The third-order valence-corrected chi connectivity index (χ3v) is 4.81. The highest BCUT2D eigenvalue weighted by Crippen LogP contribution is 2.17. The first kappa shape index (κ1) is 21.6. The van der Waals surface area contributed by atoms with Gasteiger partial charge in [-0.15, -0.1) is 11.8 Å². The highest BCUT2D eigenvalue weighted by molar-refractivity contribution is 7.99. The van der Waals surface area contributed by atoms with Crippen LogP contribution in [0.1, 0.15) is 28.8 Å². The fourth-order valence-corrected chi connectivity index (χ4v) is 3.03. The molecule has 1 amide bonds. The second kappa shape index (κ2) is 11.2. The van der Waals surface area contributed by atoms with Gasteiger partial charge in [0.15, 0.2) is 12.4 Å². The topological polar surface area (TPSA) is 72.5 Å². The number of nitrogens with one attached hydrogen (secondary N) is 1. The number of hydrogen-bond donors (Lipinski definition) is 1. The van der Waals surface area contributed by atoms with E-state index in [0.717, 1.165) is 4.90 Å². The van der Waals surface area contributed by atoms with E-state index in [1.165, 1.54) is 29.8 Å². The molecular weight excluding hydrogens is 381 g/mol. The summed E-state index contributed by atoms with van der Waals surface area (Å²) >= 11 is 1.62. The van der Waals surface area contributed by atoms with Crippen LogP contribution in [0.4, 0.5) is 4.39 Å². The Labute approximate surface area is 167 Å². The minimum absolute atomic E-state index is 0.0563. The summed E-state index contributed by atoms with van der Waals surface area (Å²) in [6.45, 7) is 2.10. The normalized spacial score (nSPS) is 10.4. The van der Waals surface area contributed by atoms with E-state index in [4.69, 9.17) is 4.74 Å². The molecule has 0 bridgehead atoms. The van der Waals surface area contributed by atoms with E-state index in [1.54, 1.807) is 11.8 Å². The highest BCUT2D eigenvalue weighted by atomic mass is 32.2. The van der Waals surface area contributed by atoms with Gasteiger partial charge in [-0.05, 0) is 43.3 Å². The zero-order valence-corrected chi connectivity index (χ0v) is 16.4. The molecule has 0 heterocycles. The summed E-state index contributed by atoms with van der Waals surface area (Å²) in [6, 6.07) is 13.2. The monoisotopic (exact) mass is 403 g/mol. The molecule has 28 heavy (non-hydrogen) atoms. The molecule has 0 unspecified atom stereocenters. The Kier molecular flexibility index (Phi) is 8.68. The van der Waals surface area contributed by atoms with Gasteiger partial charge in [0.25, 0.3) is 5.91 Å². The first-order valence-corrected chi connectivity index (χ1v) is 9.83. The van der Waals surface area contributed by atoms with Crippen LogP contribution in [0.15, 0.2) is 53.4 Å². The summed E-state index contributed by atoms with van der Waals surface area (Å²) in [6.07, 6.45) is -0.188. The molecule has 2 aromatic rings. The summed E-state index contributed by atoms with van der Waals surface area (Å²) in [7, 11) is 0. The molecule has 0 saturated carbocycles. The lowest BCUT2D eigenvalue weighted by Crippen LogP contribution is -2.30. The first-order chi connectivity index (χ1) is 13.4. The summed E-state index contributed by atoms with van der Waals surface area (Å²) in [5.41, 5.74) is 1.52. The van der Waals surface area contributed by atoms with Gasteiger partial charge in [-0.1, -0.05) is 17.7 Å². The van der Waals surface area contributed by atoms with Gasteiger partial charge in [-0.3, -0.25) is 14.4 Å². The minimum atomic E-state index is -0.625. The van der Waals surface area contributed by atoms with Crippen molar-refractivity contribution in [3.63, 3.8) is 0 Å². The van der Waals surface area contributed by atoms with Crippen molar-refractivity contribution >= 4 is 29.4 Å². The van der Waals surface area contributed by atoms with Crippen molar-refractivity contribution < 1.29 is 23.5 Å². The minimum Gasteiger partial charge on any atom is -0.456 e. The van der Waals surface area contributed by atoms with Crippen LogP contribution in [0, 0.1) is 12.7 Å². The summed E-state index contributed by atoms with van der Waals surface area (Å²) in [5.74, 6) is -1.02. The third kappa shape index (κ3) is 7.92. The number of carbonyl (C=O) groups is 3. The smallest absolute Gasteiger partial charge is 0.306 e.